The molecule has 0 unspecified atom stereocenters. The van der Waals surface area contributed by atoms with E-state index in [1.165, 1.54) is 56.1 Å². The molecule has 0 spiro atoms. The maximum absolute atomic E-state index is 3.57. The summed E-state index contributed by atoms with van der Waals surface area (Å²) < 4.78 is 0. The Kier molecular flexibility index (Phi) is 6.99. The van der Waals surface area contributed by atoms with Gasteiger partial charge in [0.25, 0.3) is 0 Å². The summed E-state index contributed by atoms with van der Waals surface area (Å²) in [6.45, 7) is 8.75. The topological polar surface area (TPSA) is 12.0 Å². The third-order valence-corrected chi connectivity index (χ3v) is 6.83. The van der Waals surface area contributed by atoms with E-state index in [2.05, 4.69) is 50.4 Å². The molecule has 0 aromatic heterocycles. The molecule has 0 atom stereocenters. The van der Waals surface area contributed by atoms with Crippen molar-refractivity contribution in [3.63, 3.8) is 0 Å². The molecule has 1 N–H and O–H groups in total. The lowest BCUT2D eigenvalue weighted by molar-refractivity contribution is -0.0162. The minimum atomic E-state index is 0.921. The zero-order chi connectivity index (χ0) is 17.6. The summed E-state index contributed by atoms with van der Waals surface area (Å²) in [5.74, 6) is 5.19. The summed E-state index contributed by atoms with van der Waals surface area (Å²) in [5, 5.41) is 3.57. The van der Waals surface area contributed by atoms with Crippen LogP contribution >= 0.6 is 0 Å². The highest BCUT2D eigenvalue weighted by Crippen LogP contribution is 2.56. The zero-order valence-corrected chi connectivity index (χ0v) is 16.8. The van der Waals surface area contributed by atoms with E-state index >= 15 is 0 Å². The number of allylic oxidation sites excluding steroid dienone is 4. The molecule has 1 nitrogen and oxygen atoms in total. The number of hydrogen-bond acceptors (Lipinski definition) is 1. The van der Waals surface area contributed by atoms with Gasteiger partial charge < -0.3 is 5.32 Å². The van der Waals surface area contributed by atoms with Crippen LogP contribution in [0.1, 0.15) is 72.1 Å². The molecule has 140 valence electrons. The first-order valence-corrected chi connectivity index (χ1v) is 10.8. The van der Waals surface area contributed by atoms with E-state index in [1.54, 1.807) is 6.42 Å². The Morgan fingerprint density at radius 3 is 2.20 bits per heavy atom. The van der Waals surface area contributed by atoms with Crippen LogP contribution in [-0.4, -0.2) is 13.1 Å². The minimum absolute atomic E-state index is 0.921. The van der Waals surface area contributed by atoms with Crippen LogP contribution in [0, 0.1) is 29.6 Å². The largest absolute Gasteiger partial charge is 0.313 e. The van der Waals surface area contributed by atoms with Gasteiger partial charge in [-0.05, 0) is 108 Å². The summed E-state index contributed by atoms with van der Waals surface area (Å²) in [4.78, 5) is 0. The van der Waals surface area contributed by atoms with E-state index in [4.69, 9.17) is 0 Å². The third kappa shape index (κ3) is 5.58. The van der Waals surface area contributed by atoms with E-state index < -0.39 is 0 Å². The molecule has 4 aliphatic rings. The molecule has 0 aromatic rings. The highest BCUT2D eigenvalue weighted by atomic mass is 14.8. The summed E-state index contributed by atoms with van der Waals surface area (Å²) in [5.41, 5.74) is 2.94. The molecule has 4 saturated carbocycles. The smallest absolute Gasteiger partial charge is 0.0137 e. The summed E-state index contributed by atoms with van der Waals surface area (Å²) >= 11 is 0. The Bertz CT molecular complexity index is 478. The second kappa shape index (κ2) is 9.21. The van der Waals surface area contributed by atoms with Gasteiger partial charge in [-0.15, -0.1) is 0 Å². The molecule has 0 saturated heterocycles. The van der Waals surface area contributed by atoms with Crippen molar-refractivity contribution in [1.82, 2.24) is 5.32 Å². The molecule has 4 rings (SSSR count). The van der Waals surface area contributed by atoms with Gasteiger partial charge in [0.15, 0.2) is 0 Å². The average molecular weight is 342 g/mol. The van der Waals surface area contributed by atoms with Gasteiger partial charge in [-0.25, -0.2) is 0 Å². The zero-order valence-electron chi connectivity index (χ0n) is 16.8. The fourth-order valence-electron chi connectivity index (χ4n) is 5.76. The highest BCUT2D eigenvalue weighted by Gasteiger charge is 2.46. The second-order valence-electron chi connectivity index (χ2n) is 9.30. The van der Waals surface area contributed by atoms with Crippen LogP contribution in [0.2, 0.25) is 0 Å². The Labute approximate surface area is 156 Å². The molecular weight excluding hydrogens is 302 g/mol. The third-order valence-electron chi connectivity index (χ3n) is 6.83. The summed E-state index contributed by atoms with van der Waals surface area (Å²) in [6, 6.07) is 0. The first kappa shape index (κ1) is 19.0. The van der Waals surface area contributed by atoms with E-state index in [0.29, 0.717) is 0 Å². The van der Waals surface area contributed by atoms with Gasteiger partial charge in [-0.2, -0.15) is 0 Å². The van der Waals surface area contributed by atoms with Crippen LogP contribution in [0.15, 0.2) is 35.5 Å². The Balaban J connectivity index is 1.29. The average Bonchev–Trinajstić information content (AvgIpc) is 2.55. The Morgan fingerprint density at radius 1 is 0.880 bits per heavy atom. The lowest BCUT2D eigenvalue weighted by Gasteiger charge is -2.53. The van der Waals surface area contributed by atoms with Gasteiger partial charge in [0.1, 0.15) is 0 Å². The molecule has 1 heteroatoms. The highest BCUT2D eigenvalue weighted by molar-refractivity contribution is 5.06. The summed E-state index contributed by atoms with van der Waals surface area (Å²) in [7, 11) is 0. The Hall–Kier alpha value is -0.820. The van der Waals surface area contributed by atoms with Gasteiger partial charge in [-0.3, -0.25) is 0 Å². The van der Waals surface area contributed by atoms with Gasteiger partial charge in [-0.1, -0.05) is 35.5 Å². The van der Waals surface area contributed by atoms with Gasteiger partial charge in [0.2, 0.25) is 0 Å². The predicted molar refractivity (Wildman–Crippen MR) is 110 cm³/mol. The molecule has 4 aliphatic carbocycles. The lowest BCUT2D eigenvalue weighted by Crippen LogP contribution is -2.44. The molecule has 4 bridgehead atoms. The van der Waals surface area contributed by atoms with Crippen molar-refractivity contribution in [1.29, 1.82) is 0 Å². The molecular formula is C24H39N. The van der Waals surface area contributed by atoms with E-state index in [9.17, 15) is 0 Å². The number of hydrogen-bond donors (Lipinski definition) is 1. The van der Waals surface area contributed by atoms with Gasteiger partial charge in [0.05, 0.1) is 0 Å². The standard InChI is InChI=1S/C24H39N/c1-18(2)7-6-8-19(3)10-12-25-11-5-4-9-24-22-14-20-13-21(16-22)17-23(24)15-20/h4,7,9-10,20-25H,5-6,8,11-17H2,1-3H3/b9-4+,19-10+. The van der Waals surface area contributed by atoms with Crippen molar-refractivity contribution in [2.45, 2.75) is 72.1 Å². The van der Waals surface area contributed by atoms with E-state index in [0.717, 1.165) is 42.7 Å². The van der Waals surface area contributed by atoms with Crippen molar-refractivity contribution in [3.05, 3.63) is 35.5 Å². The molecule has 25 heavy (non-hydrogen) atoms. The first-order valence-electron chi connectivity index (χ1n) is 10.8. The van der Waals surface area contributed by atoms with E-state index in [1.807, 2.05) is 0 Å². The maximum atomic E-state index is 3.57. The van der Waals surface area contributed by atoms with E-state index in [-0.39, 0.29) is 0 Å². The SMILES string of the molecule is CC(C)=CCC/C(C)=C/CNCC/C=C/C1C2CC3CC(C2)CC1C3. The molecule has 0 amide bonds. The first-order chi connectivity index (χ1) is 12.1. The fraction of sp³-hybridized carbons (Fsp3) is 0.750. The monoisotopic (exact) mass is 341 g/mol. The maximum Gasteiger partial charge on any atom is 0.0137 e. The van der Waals surface area contributed by atoms with Crippen molar-refractivity contribution in [2.75, 3.05) is 13.1 Å². The van der Waals surface area contributed by atoms with Crippen LogP contribution in [0.5, 0.6) is 0 Å². The van der Waals surface area contributed by atoms with Crippen LogP contribution in [0.3, 0.4) is 0 Å². The van der Waals surface area contributed by atoms with Crippen LogP contribution < -0.4 is 5.32 Å². The molecule has 0 heterocycles. The van der Waals surface area contributed by atoms with Gasteiger partial charge in [0, 0.05) is 6.54 Å². The number of nitrogens with one attached hydrogen (secondary N) is 1. The molecule has 0 aromatic carbocycles. The normalized spacial score (nSPS) is 34.0. The quantitative estimate of drug-likeness (QED) is 0.384. The van der Waals surface area contributed by atoms with Crippen LogP contribution in [0.4, 0.5) is 0 Å². The molecule has 0 aliphatic heterocycles. The van der Waals surface area contributed by atoms with Gasteiger partial charge >= 0.3 is 0 Å². The van der Waals surface area contributed by atoms with Crippen molar-refractivity contribution in [3.8, 4) is 0 Å². The number of rotatable bonds is 9. The van der Waals surface area contributed by atoms with Crippen LogP contribution in [0.25, 0.3) is 0 Å². The van der Waals surface area contributed by atoms with Crippen molar-refractivity contribution in [2.24, 2.45) is 29.6 Å². The lowest BCUT2D eigenvalue weighted by atomic mass is 9.52. The van der Waals surface area contributed by atoms with Crippen molar-refractivity contribution >= 4 is 0 Å². The fourth-order valence-corrected chi connectivity index (χ4v) is 5.76. The Morgan fingerprint density at radius 2 is 1.56 bits per heavy atom. The molecule has 4 fully saturated rings. The van der Waals surface area contributed by atoms with Crippen molar-refractivity contribution < 1.29 is 0 Å². The van der Waals surface area contributed by atoms with Crippen LogP contribution in [-0.2, 0) is 0 Å². The minimum Gasteiger partial charge on any atom is -0.313 e. The summed E-state index contributed by atoms with van der Waals surface area (Å²) in [6.07, 6.45) is 21.1. The molecule has 0 radical (unpaired) electrons. The predicted octanol–water partition coefficient (Wildman–Crippen LogP) is 6.29. The second-order valence-corrected chi connectivity index (χ2v) is 9.30.